The summed E-state index contributed by atoms with van der Waals surface area (Å²) in [5.41, 5.74) is -3.96. The molecule has 0 amide bonds. The highest BCUT2D eigenvalue weighted by Crippen LogP contribution is 2.76. The minimum absolute atomic E-state index is 0.0320. The Balaban J connectivity index is 1.03. The van der Waals surface area contributed by atoms with Crippen LogP contribution in [-0.4, -0.2) is 216 Å². The Morgan fingerprint density at radius 2 is 1.39 bits per heavy atom. The Morgan fingerprint density at radius 3 is 2.03 bits per heavy atom. The summed E-state index contributed by atoms with van der Waals surface area (Å²) in [5.74, 6) is -2.29. The maximum atomic E-state index is 13.6. The number of hydrogen-bond acceptors (Lipinski definition) is 22. The van der Waals surface area contributed by atoms with Gasteiger partial charge in [-0.1, -0.05) is 73.1 Å². The van der Waals surface area contributed by atoms with Crippen LogP contribution in [0, 0.1) is 50.2 Å². The molecule has 5 aliphatic carbocycles. The zero-order chi connectivity index (χ0) is 56.9. The van der Waals surface area contributed by atoms with Gasteiger partial charge in [-0.25, -0.2) is 9.59 Å². The fourth-order valence-corrected chi connectivity index (χ4v) is 16.0. The van der Waals surface area contributed by atoms with Gasteiger partial charge < -0.3 is 99.2 Å². The highest BCUT2D eigenvalue weighted by atomic mass is 16.8. The number of fused-ring (bicyclic) bond motifs is 7. The normalized spacial score (nSPS) is 50.5. The van der Waals surface area contributed by atoms with E-state index in [4.69, 9.17) is 37.9 Å². The molecule has 8 aliphatic rings. The minimum Gasteiger partial charge on any atom is -0.464 e. The summed E-state index contributed by atoms with van der Waals surface area (Å²) < 4.78 is 47.0. The monoisotopic (exact) mass is 1100 g/mol. The second kappa shape index (κ2) is 22.1. The third kappa shape index (κ3) is 9.60. The molecule has 0 spiro atoms. The van der Waals surface area contributed by atoms with Crippen molar-refractivity contribution in [3.63, 3.8) is 0 Å². The molecule has 3 aliphatic heterocycles. The predicted molar refractivity (Wildman–Crippen MR) is 267 cm³/mol. The number of allylic oxidation sites excluding steroid dienone is 2. The molecule has 7 fully saturated rings. The SMILES string of the molecule is C/C=C(\C)C(=O)O[C@H]1[C@H](O)[C@@]2(CO)[C@H](CC1(C)C)C1=CC[C@@H]3[C@@]4(C)CC[C@H](O[C@@H]5O[C@H](C(=O)OCCC)[C@@H](O)[C@H](O[C@@H]6O[C@H](CO)[C@@H](O[C@@H]7OC[C@@H](O)[C@H](O)[C@H]7O)[C@H](O)[C@H]6O)[C@H]5O)C(C)(C)[C@@H]4CC[C@@]3(C)[C@]1(C)[C@@H](O)[C@H]2O. The Kier molecular flexibility index (Phi) is 17.5. The largest absolute Gasteiger partial charge is 0.464 e. The first kappa shape index (κ1) is 60.8. The summed E-state index contributed by atoms with van der Waals surface area (Å²) in [7, 11) is 0. The number of rotatable bonds is 13. The molecule has 8 rings (SSSR count). The van der Waals surface area contributed by atoms with Crippen LogP contribution in [0.4, 0.5) is 0 Å². The lowest BCUT2D eigenvalue weighted by atomic mass is 9.32. The maximum Gasteiger partial charge on any atom is 0.338 e. The molecule has 22 nitrogen and oxygen atoms in total. The molecule has 4 saturated carbocycles. The van der Waals surface area contributed by atoms with E-state index in [9.17, 15) is 70.9 Å². The van der Waals surface area contributed by atoms with Gasteiger partial charge in [0.1, 0.15) is 73.2 Å². The van der Waals surface area contributed by atoms with Crippen molar-refractivity contribution in [1.82, 2.24) is 0 Å². The van der Waals surface area contributed by atoms with Crippen molar-refractivity contribution in [3.8, 4) is 0 Å². The standard InChI is InChI=1S/C55H88O22/c1-11-19-70-46(69)40-36(63)39(75-48-35(62)33(60)38(28(21-56)72-48)74-47-34(61)32(59)27(58)22-71-47)37(64)49(76-40)73-31-16-17-52(8)29(51(31,6)7)15-18-53(9)30(52)14-13-25-26-20-50(4,5)44(77-45(68)24(3)12-2)43(67)55(26,23-57)42(66)41(65)54(25,53)10/h12-13,26-44,47-49,56-67H,11,14-23H2,1-10H3/b24-12+/t26-,27-,28-,29+,30-,31+,32+,33-,34-,35-,36+,37-,38-,39+,40+,41+,42-,43+,44+,47+,48+,49-,52+,53-,54+,55+/m1/s1. The summed E-state index contributed by atoms with van der Waals surface area (Å²) in [4.78, 5) is 26.7. The zero-order valence-electron chi connectivity index (χ0n) is 46.1. The number of aliphatic hydroxyl groups excluding tert-OH is 12. The quantitative estimate of drug-likeness (QED) is 0.0484. The van der Waals surface area contributed by atoms with Crippen LogP contribution in [0.1, 0.15) is 114 Å². The lowest BCUT2D eigenvalue weighted by Crippen LogP contribution is -2.76. The number of aliphatic hydroxyl groups is 12. The third-order valence-electron chi connectivity index (χ3n) is 20.8. The fraction of sp³-hybridized carbons (Fsp3) is 0.891. The van der Waals surface area contributed by atoms with E-state index in [0.717, 1.165) is 5.57 Å². The average molecular weight is 1100 g/mol. The van der Waals surface area contributed by atoms with E-state index < -0.39 is 187 Å². The van der Waals surface area contributed by atoms with Crippen LogP contribution in [0.25, 0.3) is 0 Å². The topological polar surface area (TPSA) is 351 Å². The average Bonchev–Trinajstić information content (AvgIpc) is 3.58. The highest BCUT2D eigenvalue weighted by Gasteiger charge is 2.75. The Bertz CT molecular complexity index is 2190. The second-order valence-corrected chi connectivity index (χ2v) is 25.5. The van der Waals surface area contributed by atoms with Gasteiger partial charge in [0.15, 0.2) is 25.0 Å². The van der Waals surface area contributed by atoms with E-state index >= 15 is 0 Å². The van der Waals surface area contributed by atoms with Gasteiger partial charge in [-0.15, -0.1) is 0 Å². The number of carbonyl (C=O) groups excluding carboxylic acids is 2. The number of carbonyl (C=O) groups is 2. The van der Waals surface area contributed by atoms with Gasteiger partial charge in [0, 0.05) is 16.4 Å². The Labute approximate surface area is 450 Å². The van der Waals surface area contributed by atoms with E-state index in [0.29, 0.717) is 50.5 Å². The van der Waals surface area contributed by atoms with Gasteiger partial charge in [-0.3, -0.25) is 0 Å². The Hall–Kier alpha value is -2.30. The van der Waals surface area contributed by atoms with Crippen molar-refractivity contribution < 1.29 is 109 Å². The van der Waals surface area contributed by atoms with Crippen LogP contribution in [0.5, 0.6) is 0 Å². The first-order chi connectivity index (χ1) is 36.0. The number of ether oxygens (including phenoxy) is 8. The zero-order valence-corrected chi connectivity index (χ0v) is 46.1. The molecule has 3 saturated heterocycles. The molecule has 77 heavy (non-hydrogen) atoms. The van der Waals surface area contributed by atoms with Gasteiger partial charge >= 0.3 is 11.9 Å². The summed E-state index contributed by atoms with van der Waals surface area (Å²) in [6.45, 7) is 17.5. The summed E-state index contributed by atoms with van der Waals surface area (Å²) >= 11 is 0. The molecular formula is C55H88O22. The van der Waals surface area contributed by atoms with Gasteiger partial charge in [0.05, 0.1) is 50.2 Å². The van der Waals surface area contributed by atoms with Crippen LogP contribution in [0.15, 0.2) is 23.3 Å². The molecule has 0 aromatic rings. The van der Waals surface area contributed by atoms with Crippen LogP contribution >= 0.6 is 0 Å². The van der Waals surface area contributed by atoms with Crippen molar-refractivity contribution >= 4 is 11.9 Å². The summed E-state index contributed by atoms with van der Waals surface area (Å²) in [5, 5.41) is 136. The van der Waals surface area contributed by atoms with Crippen molar-refractivity contribution in [2.24, 2.45) is 50.2 Å². The van der Waals surface area contributed by atoms with E-state index in [2.05, 4.69) is 33.8 Å². The van der Waals surface area contributed by atoms with E-state index in [1.165, 1.54) is 0 Å². The van der Waals surface area contributed by atoms with Crippen LogP contribution in [-0.2, 0) is 47.5 Å². The second-order valence-electron chi connectivity index (χ2n) is 25.5. The molecule has 0 aromatic carbocycles. The Morgan fingerprint density at radius 1 is 0.740 bits per heavy atom. The molecule has 26 atom stereocenters. The molecule has 22 heteroatoms. The number of hydrogen-bond donors (Lipinski definition) is 12. The molecule has 440 valence electrons. The highest BCUT2D eigenvalue weighted by molar-refractivity contribution is 5.87. The first-order valence-electron chi connectivity index (χ1n) is 27.6. The van der Waals surface area contributed by atoms with Gasteiger partial charge in [0.2, 0.25) is 0 Å². The van der Waals surface area contributed by atoms with Crippen molar-refractivity contribution in [3.05, 3.63) is 23.3 Å². The minimum atomic E-state index is -2.00. The lowest BCUT2D eigenvalue weighted by molar-refractivity contribution is -0.378. The molecule has 0 aromatic heterocycles. The van der Waals surface area contributed by atoms with Crippen LogP contribution in [0.2, 0.25) is 0 Å². The molecule has 12 N–H and O–H groups in total. The maximum absolute atomic E-state index is 13.6. The van der Waals surface area contributed by atoms with E-state index in [1.807, 2.05) is 20.8 Å². The van der Waals surface area contributed by atoms with Crippen LogP contribution in [0.3, 0.4) is 0 Å². The van der Waals surface area contributed by atoms with Gasteiger partial charge in [-0.05, 0) is 92.8 Å². The molecule has 3 heterocycles. The van der Waals surface area contributed by atoms with Crippen molar-refractivity contribution in [1.29, 1.82) is 0 Å². The van der Waals surface area contributed by atoms with Gasteiger partial charge in [0.25, 0.3) is 0 Å². The fourth-order valence-electron chi connectivity index (χ4n) is 16.0. The van der Waals surface area contributed by atoms with Crippen molar-refractivity contribution in [2.45, 2.75) is 231 Å². The predicted octanol–water partition coefficient (Wildman–Crippen LogP) is -0.386. The third-order valence-corrected chi connectivity index (χ3v) is 20.8. The first-order valence-corrected chi connectivity index (χ1v) is 27.6. The molecule has 0 unspecified atom stereocenters. The summed E-state index contributed by atoms with van der Waals surface area (Å²) in [6.07, 6.45) is -23.3. The molecule has 0 bridgehead atoms. The van der Waals surface area contributed by atoms with Gasteiger partial charge in [-0.2, -0.15) is 0 Å². The van der Waals surface area contributed by atoms with E-state index in [1.54, 1.807) is 26.8 Å². The van der Waals surface area contributed by atoms with Crippen molar-refractivity contribution in [2.75, 3.05) is 26.4 Å². The molecular weight excluding hydrogens is 1010 g/mol. The molecule has 0 radical (unpaired) electrons. The van der Waals surface area contributed by atoms with Crippen LogP contribution < -0.4 is 0 Å². The smallest absolute Gasteiger partial charge is 0.338 e. The van der Waals surface area contributed by atoms with E-state index in [-0.39, 0.29) is 18.4 Å². The summed E-state index contributed by atoms with van der Waals surface area (Å²) in [6, 6.07) is 0. The number of esters is 2. The lowest BCUT2D eigenvalue weighted by Gasteiger charge is -2.73.